The summed E-state index contributed by atoms with van der Waals surface area (Å²) in [6, 6.07) is 3.05. The second-order valence-electron chi connectivity index (χ2n) is 11.2. The van der Waals surface area contributed by atoms with Gasteiger partial charge in [-0.05, 0) is 70.4 Å². The molecule has 2 saturated heterocycles. The summed E-state index contributed by atoms with van der Waals surface area (Å²) in [5.74, 6) is -0.670. The van der Waals surface area contributed by atoms with Gasteiger partial charge < -0.3 is 15.3 Å². The quantitative estimate of drug-likeness (QED) is 0.396. The van der Waals surface area contributed by atoms with Gasteiger partial charge in [-0.15, -0.1) is 0 Å². The summed E-state index contributed by atoms with van der Waals surface area (Å²) in [5.41, 5.74) is 0.595. The van der Waals surface area contributed by atoms with E-state index in [0.717, 1.165) is 29.5 Å². The van der Waals surface area contributed by atoms with Crippen LogP contribution in [0, 0.1) is 12.8 Å². The highest BCUT2D eigenvalue weighted by atomic mass is 19.4. The first-order valence-corrected chi connectivity index (χ1v) is 13.3. The van der Waals surface area contributed by atoms with Crippen LogP contribution < -0.4 is 5.32 Å². The normalized spacial score (nSPS) is 29.1. The standard InChI is InChI=1S/C26H30F3N7O3/c1-13-8-18(19-12-30-35-22(19)31-13)20-11-21(34-33-20)24(38)36-16-2-3-17(36)10-14(9-16)23(37)32-15-4-6-25(39,7-5-15)26(27,28)29/h8,11-12,14-17,39H,2-7,9-10H2,1H3,(H,32,37)(H,33,34)(H,30,31,35)/t14?,15?,16-,17+,25?. The van der Waals surface area contributed by atoms with E-state index in [4.69, 9.17) is 0 Å². The Morgan fingerprint density at radius 1 is 1.10 bits per heavy atom. The molecule has 1 unspecified atom stereocenters. The van der Waals surface area contributed by atoms with Gasteiger partial charge in [0, 0.05) is 40.7 Å². The lowest BCUT2D eigenvalue weighted by Gasteiger charge is -2.40. The van der Waals surface area contributed by atoms with Crippen LogP contribution in [0.3, 0.4) is 0 Å². The Balaban J connectivity index is 1.10. The Bertz CT molecular complexity index is 1400. The third-order valence-corrected chi connectivity index (χ3v) is 8.66. The van der Waals surface area contributed by atoms with Crippen LogP contribution in [0.2, 0.25) is 0 Å². The van der Waals surface area contributed by atoms with Gasteiger partial charge in [0.2, 0.25) is 5.91 Å². The number of aryl methyl sites for hydroxylation is 1. The smallest absolute Gasteiger partial charge is 0.380 e. The van der Waals surface area contributed by atoms with E-state index >= 15 is 0 Å². The minimum absolute atomic E-state index is 0.0789. The van der Waals surface area contributed by atoms with E-state index in [0.29, 0.717) is 29.9 Å². The summed E-state index contributed by atoms with van der Waals surface area (Å²) in [6.45, 7) is 1.88. The van der Waals surface area contributed by atoms with Crippen molar-refractivity contribution >= 4 is 22.8 Å². The van der Waals surface area contributed by atoms with E-state index in [1.165, 1.54) is 0 Å². The molecule has 10 nitrogen and oxygen atoms in total. The number of pyridine rings is 1. The number of carbonyl (C=O) groups is 2. The highest BCUT2D eigenvalue weighted by molar-refractivity contribution is 5.97. The highest BCUT2D eigenvalue weighted by Crippen LogP contribution is 2.43. The number of hydrogen-bond donors (Lipinski definition) is 4. The number of fused-ring (bicyclic) bond motifs is 3. The molecule has 5 heterocycles. The number of rotatable bonds is 4. The van der Waals surface area contributed by atoms with Crippen LogP contribution in [-0.2, 0) is 4.79 Å². The fraction of sp³-hybridized carbons (Fsp3) is 0.577. The molecule has 2 bridgehead atoms. The van der Waals surface area contributed by atoms with Gasteiger partial charge in [-0.1, -0.05) is 0 Å². The van der Waals surface area contributed by atoms with Gasteiger partial charge in [0.25, 0.3) is 5.91 Å². The molecule has 6 rings (SSSR count). The van der Waals surface area contributed by atoms with Crippen LogP contribution in [0.4, 0.5) is 13.2 Å². The summed E-state index contributed by atoms with van der Waals surface area (Å²) in [5, 5.41) is 27.8. The minimum Gasteiger partial charge on any atom is -0.380 e. The lowest BCUT2D eigenvalue weighted by molar-refractivity contribution is -0.270. The lowest BCUT2D eigenvalue weighted by atomic mass is 9.81. The van der Waals surface area contributed by atoms with E-state index < -0.39 is 30.7 Å². The molecular weight excluding hydrogens is 515 g/mol. The number of halogens is 3. The van der Waals surface area contributed by atoms with E-state index in [-0.39, 0.29) is 42.7 Å². The molecule has 3 aromatic heterocycles. The van der Waals surface area contributed by atoms with Crippen LogP contribution in [0.15, 0.2) is 18.3 Å². The molecule has 208 valence electrons. The van der Waals surface area contributed by atoms with Crippen LogP contribution >= 0.6 is 0 Å². The Hall–Kier alpha value is -3.48. The average Bonchev–Trinajstić information content (AvgIpc) is 3.62. The van der Waals surface area contributed by atoms with Crippen LogP contribution in [-0.4, -0.2) is 77.1 Å². The SMILES string of the molecule is Cc1cc(-c2cc(C(=O)N3[C@@H]4CC[C@H]3CC(C(=O)NC3CCC(O)(C(F)(F)F)CC3)C4)n[nH]2)c2cn[nH]c2n1. The van der Waals surface area contributed by atoms with E-state index in [2.05, 4.69) is 30.7 Å². The third kappa shape index (κ3) is 4.56. The fourth-order valence-electron chi connectivity index (χ4n) is 6.55. The maximum Gasteiger partial charge on any atom is 0.417 e. The maximum absolute atomic E-state index is 13.5. The molecule has 3 aliphatic rings. The van der Waals surface area contributed by atoms with Gasteiger partial charge >= 0.3 is 6.18 Å². The van der Waals surface area contributed by atoms with Crippen LogP contribution in [0.25, 0.3) is 22.3 Å². The van der Waals surface area contributed by atoms with Crippen LogP contribution in [0.1, 0.15) is 67.5 Å². The molecule has 39 heavy (non-hydrogen) atoms. The molecule has 3 aromatic rings. The number of H-pyrrole nitrogens is 2. The van der Waals surface area contributed by atoms with Gasteiger partial charge in [0.1, 0.15) is 0 Å². The predicted octanol–water partition coefficient (Wildman–Crippen LogP) is 3.39. The summed E-state index contributed by atoms with van der Waals surface area (Å²) in [4.78, 5) is 32.8. The zero-order valence-electron chi connectivity index (χ0n) is 21.4. The van der Waals surface area contributed by atoms with Crippen molar-refractivity contribution in [3.05, 3.63) is 29.7 Å². The van der Waals surface area contributed by atoms with E-state index in [1.54, 1.807) is 12.3 Å². The van der Waals surface area contributed by atoms with Gasteiger partial charge in [-0.25, -0.2) is 4.98 Å². The van der Waals surface area contributed by atoms with Crippen molar-refractivity contribution in [1.29, 1.82) is 0 Å². The first-order chi connectivity index (χ1) is 18.5. The number of nitrogens with zero attached hydrogens (tertiary/aromatic N) is 4. The largest absolute Gasteiger partial charge is 0.417 e. The number of aromatic amines is 2. The maximum atomic E-state index is 13.5. The molecule has 4 N–H and O–H groups in total. The minimum atomic E-state index is -4.67. The van der Waals surface area contributed by atoms with Crippen molar-refractivity contribution in [2.45, 2.75) is 88.2 Å². The van der Waals surface area contributed by atoms with Crippen molar-refractivity contribution in [3.63, 3.8) is 0 Å². The van der Waals surface area contributed by atoms with Crippen molar-refractivity contribution in [2.24, 2.45) is 5.92 Å². The zero-order chi connectivity index (χ0) is 27.5. The Morgan fingerprint density at radius 2 is 1.79 bits per heavy atom. The summed E-state index contributed by atoms with van der Waals surface area (Å²) in [7, 11) is 0. The number of carbonyl (C=O) groups excluding carboxylic acids is 2. The number of alkyl halides is 3. The average molecular weight is 546 g/mol. The Morgan fingerprint density at radius 3 is 2.46 bits per heavy atom. The number of piperidine rings is 1. The molecule has 3 atom stereocenters. The summed E-state index contributed by atoms with van der Waals surface area (Å²) in [6.07, 6.45) is -1.08. The van der Waals surface area contributed by atoms with Crippen molar-refractivity contribution in [1.82, 2.24) is 35.6 Å². The van der Waals surface area contributed by atoms with Gasteiger partial charge in [0.15, 0.2) is 16.9 Å². The molecule has 0 spiro atoms. The Labute approximate surface area is 221 Å². The molecule has 0 radical (unpaired) electrons. The summed E-state index contributed by atoms with van der Waals surface area (Å²) >= 11 is 0. The van der Waals surface area contributed by atoms with Gasteiger partial charge in [-0.2, -0.15) is 23.4 Å². The Kier molecular flexibility index (Phi) is 6.16. The third-order valence-electron chi connectivity index (χ3n) is 8.66. The molecule has 3 fully saturated rings. The fourth-order valence-corrected chi connectivity index (χ4v) is 6.55. The molecule has 0 aromatic carbocycles. The van der Waals surface area contributed by atoms with Crippen molar-refractivity contribution in [3.8, 4) is 11.3 Å². The topological polar surface area (TPSA) is 140 Å². The first kappa shape index (κ1) is 25.8. The van der Waals surface area contributed by atoms with E-state index in [9.17, 15) is 27.9 Å². The predicted molar refractivity (Wildman–Crippen MR) is 133 cm³/mol. The lowest BCUT2D eigenvalue weighted by Crippen LogP contribution is -2.53. The molecular formula is C26H30F3N7O3. The summed E-state index contributed by atoms with van der Waals surface area (Å²) < 4.78 is 39.3. The monoisotopic (exact) mass is 545 g/mol. The van der Waals surface area contributed by atoms with Crippen molar-refractivity contribution in [2.75, 3.05) is 0 Å². The zero-order valence-corrected chi connectivity index (χ0v) is 21.4. The number of aromatic nitrogens is 5. The van der Waals surface area contributed by atoms with Crippen LogP contribution in [0.5, 0.6) is 0 Å². The molecule has 2 aliphatic heterocycles. The van der Waals surface area contributed by atoms with Crippen molar-refractivity contribution < 1.29 is 27.9 Å². The van der Waals surface area contributed by atoms with E-state index in [1.807, 2.05) is 17.9 Å². The number of amides is 2. The molecule has 2 amide bonds. The first-order valence-electron chi connectivity index (χ1n) is 13.3. The second kappa shape index (κ2) is 9.32. The number of hydrogen-bond acceptors (Lipinski definition) is 6. The number of nitrogens with one attached hydrogen (secondary N) is 3. The molecule has 13 heteroatoms. The van der Waals surface area contributed by atoms with Gasteiger partial charge in [-0.3, -0.25) is 19.8 Å². The second-order valence-corrected chi connectivity index (χ2v) is 11.2. The molecule has 1 aliphatic carbocycles. The highest BCUT2D eigenvalue weighted by Gasteiger charge is 2.55. The number of aliphatic hydroxyl groups is 1. The molecule has 1 saturated carbocycles. The van der Waals surface area contributed by atoms with Gasteiger partial charge in [0.05, 0.1) is 11.9 Å².